The molecule has 0 aromatic carbocycles. The normalized spacial score (nSPS) is 13.1. The summed E-state index contributed by atoms with van der Waals surface area (Å²) in [4.78, 5) is 2.50. The Kier molecular flexibility index (Phi) is 4.58. The first-order valence-corrected chi connectivity index (χ1v) is 5.70. The van der Waals surface area contributed by atoms with Crippen LogP contribution in [0.4, 0.5) is 0 Å². The summed E-state index contributed by atoms with van der Waals surface area (Å²) in [5, 5.41) is 9.89. The first-order valence-electron chi connectivity index (χ1n) is 4.89. The average Bonchev–Trinajstić information content (AvgIpc) is 2.45. The van der Waals surface area contributed by atoms with Gasteiger partial charge in [-0.25, -0.2) is 0 Å². The van der Waals surface area contributed by atoms with Crippen molar-refractivity contribution in [2.45, 2.75) is 32.8 Å². The van der Waals surface area contributed by atoms with Crippen LogP contribution in [0.25, 0.3) is 0 Å². The van der Waals surface area contributed by atoms with Gasteiger partial charge < -0.3 is 9.84 Å². The quantitative estimate of drug-likeness (QED) is 0.764. The van der Waals surface area contributed by atoms with Crippen LogP contribution in [-0.2, 0) is 4.74 Å². The number of hydrogen-bond donors (Lipinski definition) is 1. The van der Waals surface area contributed by atoms with Crippen molar-refractivity contribution in [1.82, 2.24) is 0 Å². The lowest BCUT2D eigenvalue weighted by molar-refractivity contribution is 0.136. The van der Waals surface area contributed by atoms with E-state index in [4.69, 9.17) is 4.74 Å². The number of aliphatic hydroxyl groups excluding tert-OH is 1. The maximum Gasteiger partial charge on any atom is 0.0801 e. The molecule has 80 valence electrons. The number of thiophene rings is 1. The molecule has 0 bridgehead atoms. The van der Waals surface area contributed by atoms with Gasteiger partial charge in [-0.15, -0.1) is 11.3 Å². The van der Waals surface area contributed by atoms with Crippen LogP contribution < -0.4 is 0 Å². The van der Waals surface area contributed by atoms with Gasteiger partial charge in [-0.2, -0.15) is 0 Å². The van der Waals surface area contributed by atoms with Crippen molar-refractivity contribution in [2.24, 2.45) is 0 Å². The lowest BCUT2D eigenvalue weighted by Crippen LogP contribution is -1.99. The largest absolute Gasteiger partial charge is 0.388 e. The van der Waals surface area contributed by atoms with E-state index in [-0.39, 0.29) is 6.10 Å². The standard InChI is InChI=1S/C11H18O2S/c1-8-7-10(9(2)14-8)11(12)5-4-6-13-3/h7,11-12H,4-6H2,1-3H3. The Labute approximate surface area is 89.5 Å². The Morgan fingerprint density at radius 3 is 2.71 bits per heavy atom. The average molecular weight is 214 g/mol. The number of aryl methyl sites for hydroxylation is 2. The first kappa shape index (κ1) is 11.7. The lowest BCUT2D eigenvalue weighted by Gasteiger charge is -2.09. The summed E-state index contributed by atoms with van der Waals surface area (Å²) in [5.41, 5.74) is 1.09. The molecule has 1 aromatic heterocycles. The highest BCUT2D eigenvalue weighted by atomic mass is 32.1. The molecule has 0 saturated carbocycles. The van der Waals surface area contributed by atoms with Crippen LogP contribution in [0.2, 0.25) is 0 Å². The van der Waals surface area contributed by atoms with Gasteiger partial charge in [0, 0.05) is 23.5 Å². The highest BCUT2D eigenvalue weighted by Crippen LogP contribution is 2.28. The van der Waals surface area contributed by atoms with E-state index >= 15 is 0 Å². The van der Waals surface area contributed by atoms with Gasteiger partial charge in [0.2, 0.25) is 0 Å². The van der Waals surface area contributed by atoms with E-state index in [9.17, 15) is 5.11 Å². The molecular weight excluding hydrogens is 196 g/mol. The minimum atomic E-state index is -0.324. The van der Waals surface area contributed by atoms with Gasteiger partial charge in [0.15, 0.2) is 0 Å². The first-order chi connectivity index (χ1) is 6.65. The third kappa shape index (κ3) is 3.08. The van der Waals surface area contributed by atoms with Crippen LogP contribution in [-0.4, -0.2) is 18.8 Å². The van der Waals surface area contributed by atoms with Gasteiger partial charge in [-0.1, -0.05) is 0 Å². The van der Waals surface area contributed by atoms with Crippen molar-refractivity contribution < 1.29 is 9.84 Å². The maximum atomic E-state index is 9.89. The van der Waals surface area contributed by atoms with Gasteiger partial charge in [0.1, 0.15) is 0 Å². The van der Waals surface area contributed by atoms with E-state index in [0.29, 0.717) is 0 Å². The van der Waals surface area contributed by atoms with E-state index in [2.05, 4.69) is 19.9 Å². The van der Waals surface area contributed by atoms with Gasteiger partial charge >= 0.3 is 0 Å². The van der Waals surface area contributed by atoms with Gasteiger partial charge in [-0.3, -0.25) is 0 Å². The molecule has 0 amide bonds. The fourth-order valence-electron chi connectivity index (χ4n) is 1.56. The zero-order chi connectivity index (χ0) is 10.6. The molecule has 0 fully saturated rings. The summed E-state index contributed by atoms with van der Waals surface area (Å²) >= 11 is 1.75. The molecule has 3 heteroatoms. The number of hydrogen-bond acceptors (Lipinski definition) is 3. The van der Waals surface area contributed by atoms with Crippen LogP contribution in [0.5, 0.6) is 0 Å². The molecule has 0 radical (unpaired) electrons. The molecule has 1 atom stereocenters. The Morgan fingerprint density at radius 2 is 2.21 bits per heavy atom. The lowest BCUT2D eigenvalue weighted by atomic mass is 10.1. The van der Waals surface area contributed by atoms with Crippen LogP contribution in [0.3, 0.4) is 0 Å². The molecule has 0 saturated heterocycles. The van der Waals surface area contributed by atoms with E-state index in [1.54, 1.807) is 18.4 Å². The van der Waals surface area contributed by atoms with E-state index in [1.165, 1.54) is 9.75 Å². The second kappa shape index (κ2) is 5.49. The van der Waals surface area contributed by atoms with E-state index < -0.39 is 0 Å². The summed E-state index contributed by atoms with van der Waals surface area (Å²) in [6.07, 6.45) is 1.37. The zero-order valence-electron chi connectivity index (χ0n) is 9.04. The fourth-order valence-corrected chi connectivity index (χ4v) is 2.54. The van der Waals surface area contributed by atoms with Crippen molar-refractivity contribution in [3.8, 4) is 0 Å². The summed E-state index contributed by atoms with van der Waals surface area (Å²) in [5.74, 6) is 0. The molecule has 0 aliphatic heterocycles. The van der Waals surface area contributed by atoms with Crippen LogP contribution in [0.15, 0.2) is 6.07 Å². The fraction of sp³-hybridized carbons (Fsp3) is 0.636. The number of aliphatic hydroxyl groups is 1. The summed E-state index contributed by atoms with van der Waals surface area (Å²) in [6, 6.07) is 2.08. The Morgan fingerprint density at radius 1 is 1.50 bits per heavy atom. The van der Waals surface area contributed by atoms with Crippen LogP contribution >= 0.6 is 11.3 Å². The number of ether oxygens (including phenoxy) is 1. The van der Waals surface area contributed by atoms with Crippen molar-refractivity contribution in [2.75, 3.05) is 13.7 Å². The third-order valence-corrected chi connectivity index (χ3v) is 3.25. The minimum Gasteiger partial charge on any atom is -0.388 e. The SMILES string of the molecule is COCCCC(O)c1cc(C)sc1C. The molecule has 1 heterocycles. The highest BCUT2D eigenvalue weighted by Gasteiger charge is 2.12. The molecule has 1 N–H and O–H groups in total. The maximum absolute atomic E-state index is 9.89. The molecule has 0 aliphatic rings. The molecule has 1 unspecified atom stereocenters. The highest BCUT2D eigenvalue weighted by molar-refractivity contribution is 7.12. The Balaban J connectivity index is 2.51. The van der Waals surface area contributed by atoms with Gasteiger partial charge in [0.25, 0.3) is 0 Å². The topological polar surface area (TPSA) is 29.5 Å². The Hall–Kier alpha value is -0.380. The van der Waals surface area contributed by atoms with E-state index in [1.807, 2.05) is 0 Å². The second-order valence-electron chi connectivity index (χ2n) is 3.52. The third-order valence-electron chi connectivity index (χ3n) is 2.26. The Bertz CT molecular complexity index is 281. The molecular formula is C11H18O2S. The number of rotatable bonds is 5. The molecule has 1 rings (SSSR count). The van der Waals surface area contributed by atoms with E-state index in [0.717, 1.165) is 25.0 Å². The number of methoxy groups -OCH3 is 1. The summed E-state index contributed by atoms with van der Waals surface area (Å²) in [6.45, 7) is 4.86. The van der Waals surface area contributed by atoms with Crippen molar-refractivity contribution in [1.29, 1.82) is 0 Å². The second-order valence-corrected chi connectivity index (χ2v) is 4.98. The van der Waals surface area contributed by atoms with Crippen molar-refractivity contribution in [3.63, 3.8) is 0 Å². The predicted molar refractivity (Wildman–Crippen MR) is 59.9 cm³/mol. The monoisotopic (exact) mass is 214 g/mol. The van der Waals surface area contributed by atoms with Crippen molar-refractivity contribution >= 4 is 11.3 Å². The van der Waals surface area contributed by atoms with Crippen molar-refractivity contribution in [3.05, 3.63) is 21.4 Å². The molecule has 2 nitrogen and oxygen atoms in total. The zero-order valence-corrected chi connectivity index (χ0v) is 9.86. The minimum absolute atomic E-state index is 0.324. The van der Waals surface area contributed by atoms with Crippen LogP contribution in [0, 0.1) is 13.8 Å². The summed E-state index contributed by atoms with van der Waals surface area (Å²) in [7, 11) is 1.69. The van der Waals surface area contributed by atoms with Gasteiger partial charge in [-0.05, 0) is 38.3 Å². The molecule has 14 heavy (non-hydrogen) atoms. The van der Waals surface area contributed by atoms with Crippen LogP contribution in [0.1, 0.15) is 34.3 Å². The summed E-state index contributed by atoms with van der Waals surface area (Å²) < 4.78 is 4.96. The molecule has 0 spiro atoms. The molecule has 0 aliphatic carbocycles. The predicted octanol–water partition coefficient (Wildman–Crippen LogP) is 2.82. The smallest absolute Gasteiger partial charge is 0.0801 e. The molecule has 1 aromatic rings. The van der Waals surface area contributed by atoms with Gasteiger partial charge in [0.05, 0.1) is 6.10 Å².